The van der Waals surface area contributed by atoms with Crippen molar-refractivity contribution in [1.82, 2.24) is 4.98 Å². The molecule has 0 unspecified atom stereocenters. The van der Waals surface area contributed by atoms with Crippen LogP contribution in [0.3, 0.4) is 0 Å². The lowest BCUT2D eigenvalue weighted by molar-refractivity contribution is 0.106. The summed E-state index contributed by atoms with van der Waals surface area (Å²) in [5.74, 6) is -0.236. The number of thiazole rings is 1. The van der Waals surface area contributed by atoms with Crippen LogP contribution in [0.5, 0.6) is 0 Å². The molecular formula is C19H14ClNO2S. The lowest BCUT2D eigenvalue weighted by atomic mass is 10.1. The lowest BCUT2D eigenvalue weighted by Crippen LogP contribution is -2.20. The van der Waals surface area contributed by atoms with Crippen molar-refractivity contribution in [3.8, 4) is 0 Å². The number of carbonyl (C=O) groups is 1. The van der Waals surface area contributed by atoms with Gasteiger partial charge >= 0.3 is 0 Å². The van der Waals surface area contributed by atoms with E-state index in [0.29, 0.717) is 19.8 Å². The Morgan fingerprint density at radius 1 is 1.17 bits per heavy atom. The number of rotatable bonds is 3. The number of Topliss-reactive ketones (excluding diaryl/α,β-unsaturated/α-hetero) is 1. The predicted octanol–water partition coefficient (Wildman–Crippen LogP) is 2.89. The molecule has 0 saturated heterocycles. The van der Waals surface area contributed by atoms with E-state index in [4.69, 9.17) is 11.6 Å². The molecule has 24 heavy (non-hydrogen) atoms. The van der Waals surface area contributed by atoms with Crippen LogP contribution in [0.15, 0.2) is 53.3 Å². The van der Waals surface area contributed by atoms with Crippen molar-refractivity contribution in [3.05, 3.63) is 89.8 Å². The molecular weight excluding hydrogens is 342 g/mol. The average Bonchev–Trinajstić information content (AvgIpc) is 2.87. The van der Waals surface area contributed by atoms with Crippen molar-refractivity contribution in [2.24, 2.45) is 0 Å². The van der Waals surface area contributed by atoms with Gasteiger partial charge in [0.25, 0.3) is 5.56 Å². The first-order valence-corrected chi connectivity index (χ1v) is 8.50. The van der Waals surface area contributed by atoms with Crippen molar-refractivity contribution in [1.29, 1.82) is 0 Å². The number of hydrogen-bond donors (Lipinski definition) is 1. The molecule has 0 aliphatic carbocycles. The first-order valence-electron chi connectivity index (χ1n) is 7.31. The molecule has 0 spiro atoms. The van der Waals surface area contributed by atoms with Gasteiger partial charge in [-0.15, -0.1) is 11.3 Å². The molecule has 5 heteroatoms. The van der Waals surface area contributed by atoms with E-state index in [2.05, 4.69) is 4.98 Å². The summed E-state index contributed by atoms with van der Waals surface area (Å²) >= 11 is 7.27. The van der Waals surface area contributed by atoms with Crippen LogP contribution in [0.1, 0.15) is 21.5 Å². The Labute approximate surface area is 147 Å². The molecule has 0 fully saturated rings. The highest BCUT2D eigenvalue weighted by Gasteiger charge is 2.07. The van der Waals surface area contributed by atoms with E-state index in [1.54, 1.807) is 24.3 Å². The van der Waals surface area contributed by atoms with Gasteiger partial charge in [0, 0.05) is 11.6 Å². The highest BCUT2D eigenvalue weighted by Crippen LogP contribution is 2.15. The Morgan fingerprint density at radius 3 is 2.71 bits per heavy atom. The van der Waals surface area contributed by atoms with E-state index in [-0.39, 0.29) is 11.3 Å². The molecule has 2 aromatic carbocycles. The maximum atomic E-state index is 12.3. The number of aromatic nitrogens is 1. The molecule has 1 heterocycles. The second kappa shape index (κ2) is 6.99. The van der Waals surface area contributed by atoms with E-state index in [1.807, 2.05) is 37.3 Å². The van der Waals surface area contributed by atoms with Crippen LogP contribution in [0, 0.1) is 6.92 Å². The van der Waals surface area contributed by atoms with Gasteiger partial charge in [-0.2, -0.15) is 0 Å². The number of aromatic amines is 1. The van der Waals surface area contributed by atoms with Crippen LogP contribution in [-0.2, 0) is 0 Å². The minimum atomic E-state index is -0.236. The first-order chi connectivity index (χ1) is 11.5. The van der Waals surface area contributed by atoms with Gasteiger partial charge in [0.15, 0.2) is 5.78 Å². The van der Waals surface area contributed by atoms with Gasteiger partial charge in [0.05, 0.1) is 14.2 Å². The highest BCUT2D eigenvalue weighted by molar-refractivity contribution is 7.07. The van der Waals surface area contributed by atoms with Gasteiger partial charge in [-0.25, -0.2) is 0 Å². The van der Waals surface area contributed by atoms with Crippen molar-refractivity contribution in [2.45, 2.75) is 6.92 Å². The number of ketones is 1. The molecule has 0 saturated carbocycles. The standard InChI is InChI=1S/C19H14ClNO2S/c1-12-5-4-6-13(9-12)10-17-19(23)21-18(24-17)11-16(22)14-7-2-3-8-15(14)20/h2-11H,1H3,(H,21,23)/b17-10-,18-11-. The minimum absolute atomic E-state index is 0.209. The number of H-pyrrole nitrogens is 1. The second-order valence-electron chi connectivity index (χ2n) is 5.33. The maximum Gasteiger partial charge on any atom is 0.266 e. The molecule has 3 rings (SSSR count). The SMILES string of the molecule is Cc1cccc(/C=c2\s/c(=C\C(=O)c3ccccc3Cl)[nH]c2=O)c1. The third-order valence-electron chi connectivity index (χ3n) is 3.42. The van der Waals surface area contributed by atoms with Gasteiger partial charge < -0.3 is 4.98 Å². The largest absolute Gasteiger partial charge is 0.313 e. The number of nitrogens with one attached hydrogen (secondary N) is 1. The predicted molar refractivity (Wildman–Crippen MR) is 99.2 cm³/mol. The maximum absolute atomic E-state index is 12.3. The third kappa shape index (κ3) is 3.72. The summed E-state index contributed by atoms with van der Waals surface area (Å²) < 4.78 is 1.06. The molecule has 0 amide bonds. The zero-order valence-corrected chi connectivity index (χ0v) is 14.4. The van der Waals surface area contributed by atoms with Crippen LogP contribution < -0.4 is 14.8 Å². The fourth-order valence-electron chi connectivity index (χ4n) is 2.29. The molecule has 1 N–H and O–H groups in total. The summed E-state index contributed by atoms with van der Waals surface area (Å²) in [6.45, 7) is 2.00. The highest BCUT2D eigenvalue weighted by atomic mass is 35.5. The van der Waals surface area contributed by atoms with Crippen LogP contribution in [0.25, 0.3) is 12.2 Å². The van der Waals surface area contributed by atoms with Crippen molar-refractivity contribution in [2.75, 3.05) is 0 Å². The summed E-state index contributed by atoms with van der Waals surface area (Å²) in [5, 5.41) is 0.393. The third-order valence-corrected chi connectivity index (χ3v) is 4.71. The fraction of sp³-hybridized carbons (Fsp3) is 0.0526. The van der Waals surface area contributed by atoms with Gasteiger partial charge in [0.2, 0.25) is 0 Å². The monoisotopic (exact) mass is 355 g/mol. The molecule has 120 valence electrons. The normalized spacial score (nSPS) is 12.6. The van der Waals surface area contributed by atoms with Gasteiger partial charge in [-0.3, -0.25) is 9.59 Å². The van der Waals surface area contributed by atoms with Crippen LogP contribution in [0.2, 0.25) is 5.02 Å². The number of halogens is 1. The van der Waals surface area contributed by atoms with E-state index < -0.39 is 0 Å². The van der Waals surface area contributed by atoms with Crippen LogP contribution >= 0.6 is 22.9 Å². The zero-order valence-electron chi connectivity index (χ0n) is 12.9. The Hall–Kier alpha value is -2.43. The second-order valence-corrected chi connectivity index (χ2v) is 6.82. The Morgan fingerprint density at radius 2 is 1.96 bits per heavy atom. The fourth-order valence-corrected chi connectivity index (χ4v) is 3.41. The Balaban J connectivity index is 2.02. The molecule has 0 atom stereocenters. The number of carbonyl (C=O) groups excluding carboxylic acids is 1. The van der Waals surface area contributed by atoms with E-state index in [1.165, 1.54) is 17.4 Å². The van der Waals surface area contributed by atoms with Crippen molar-refractivity contribution in [3.63, 3.8) is 0 Å². The molecule has 1 aromatic heterocycles. The molecule has 0 aliphatic rings. The summed E-state index contributed by atoms with van der Waals surface area (Å²) in [4.78, 5) is 27.1. The molecule has 0 radical (unpaired) electrons. The Kier molecular flexibility index (Phi) is 4.79. The van der Waals surface area contributed by atoms with E-state index in [0.717, 1.165) is 11.1 Å². The molecule has 0 bridgehead atoms. The van der Waals surface area contributed by atoms with Gasteiger partial charge in [-0.1, -0.05) is 53.6 Å². The quantitative estimate of drug-likeness (QED) is 0.734. The van der Waals surface area contributed by atoms with E-state index >= 15 is 0 Å². The number of hydrogen-bond acceptors (Lipinski definition) is 3. The molecule has 3 nitrogen and oxygen atoms in total. The Bertz CT molecular complexity index is 1080. The first kappa shape index (κ1) is 16.4. The van der Waals surface area contributed by atoms with Crippen LogP contribution in [-0.4, -0.2) is 10.8 Å². The van der Waals surface area contributed by atoms with Crippen LogP contribution in [0.4, 0.5) is 0 Å². The minimum Gasteiger partial charge on any atom is -0.313 e. The van der Waals surface area contributed by atoms with Gasteiger partial charge in [0.1, 0.15) is 0 Å². The lowest BCUT2D eigenvalue weighted by Gasteiger charge is -1.97. The molecule has 3 aromatic rings. The number of benzene rings is 2. The van der Waals surface area contributed by atoms with Crippen molar-refractivity contribution >= 4 is 40.9 Å². The van der Waals surface area contributed by atoms with E-state index in [9.17, 15) is 9.59 Å². The smallest absolute Gasteiger partial charge is 0.266 e. The zero-order chi connectivity index (χ0) is 17.1. The summed E-state index contributed by atoms with van der Waals surface area (Å²) in [7, 11) is 0. The summed E-state index contributed by atoms with van der Waals surface area (Å²) in [6, 6.07) is 14.7. The average molecular weight is 356 g/mol. The van der Waals surface area contributed by atoms with Crippen molar-refractivity contribution < 1.29 is 4.79 Å². The topological polar surface area (TPSA) is 49.9 Å². The molecule has 0 aliphatic heterocycles. The van der Waals surface area contributed by atoms with Gasteiger partial charge in [-0.05, 0) is 30.7 Å². The number of aryl methyl sites for hydroxylation is 1. The summed E-state index contributed by atoms with van der Waals surface area (Å²) in [6.07, 6.45) is 3.22. The summed E-state index contributed by atoms with van der Waals surface area (Å²) in [5.41, 5.74) is 2.28.